The summed E-state index contributed by atoms with van der Waals surface area (Å²) in [6.07, 6.45) is -1.66. The minimum absolute atomic E-state index is 0.189. The number of hydrogen-bond acceptors (Lipinski definition) is 2. The Balaban J connectivity index is 3.39. The Labute approximate surface area is 95.5 Å². The van der Waals surface area contributed by atoms with E-state index in [1.165, 1.54) is 0 Å². The number of nitrogens with one attached hydrogen (secondary N) is 1. The predicted octanol–water partition coefficient (Wildman–Crippen LogP) is 2.98. The Morgan fingerprint density at radius 1 is 1.19 bits per heavy atom. The number of hydrogen-bond donors (Lipinski definition) is 1. The highest BCUT2D eigenvalue weighted by molar-refractivity contribution is 4.67. The van der Waals surface area contributed by atoms with E-state index in [2.05, 4.69) is 23.9 Å². The Kier molecular flexibility index (Phi) is 7.76. The van der Waals surface area contributed by atoms with E-state index < -0.39 is 12.8 Å². The van der Waals surface area contributed by atoms with E-state index in [4.69, 9.17) is 0 Å². The van der Waals surface area contributed by atoms with Crippen LogP contribution in [0.3, 0.4) is 0 Å². The fourth-order valence-electron chi connectivity index (χ4n) is 1.57. The number of halogens is 3. The smallest absolute Gasteiger partial charge is 0.372 e. The van der Waals surface area contributed by atoms with Crippen LogP contribution >= 0.6 is 0 Å². The van der Waals surface area contributed by atoms with Gasteiger partial charge in [-0.2, -0.15) is 13.2 Å². The molecule has 0 saturated heterocycles. The molecular weight excluding hydrogens is 219 g/mol. The quantitative estimate of drug-likeness (QED) is 0.660. The van der Waals surface area contributed by atoms with Gasteiger partial charge in [-0.3, -0.25) is 0 Å². The predicted molar refractivity (Wildman–Crippen MR) is 58.4 cm³/mol. The third-order valence-electron chi connectivity index (χ3n) is 2.50. The van der Waals surface area contributed by atoms with Crippen LogP contribution in [0, 0.1) is 5.92 Å². The summed E-state index contributed by atoms with van der Waals surface area (Å²) in [7, 11) is 1.91. The van der Waals surface area contributed by atoms with Crippen molar-refractivity contribution in [3.05, 3.63) is 0 Å². The van der Waals surface area contributed by atoms with Crippen molar-refractivity contribution in [2.45, 2.75) is 45.3 Å². The lowest BCUT2D eigenvalue weighted by molar-refractivity contribution is -0.174. The second kappa shape index (κ2) is 7.90. The number of unbranched alkanes of at least 4 members (excludes halogenated alkanes) is 1. The first-order valence-electron chi connectivity index (χ1n) is 5.68. The van der Waals surface area contributed by atoms with Gasteiger partial charge < -0.3 is 10.1 Å². The van der Waals surface area contributed by atoms with Gasteiger partial charge in [0.25, 0.3) is 0 Å². The van der Waals surface area contributed by atoms with Crippen LogP contribution in [0.25, 0.3) is 0 Å². The topological polar surface area (TPSA) is 21.3 Å². The Morgan fingerprint density at radius 3 is 2.25 bits per heavy atom. The van der Waals surface area contributed by atoms with Crippen LogP contribution in [0.2, 0.25) is 0 Å². The van der Waals surface area contributed by atoms with Crippen molar-refractivity contribution >= 4 is 0 Å². The molecule has 0 amide bonds. The number of alkyl halides is 3. The highest BCUT2D eigenvalue weighted by Crippen LogP contribution is 2.15. The molecule has 0 aromatic rings. The molecule has 98 valence electrons. The summed E-state index contributed by atoms with van der Waals surface area (Å²) in [4.78, 5) is 0. The highest BCUT2D eigenvalue weighted by atomic mass is 19.4. The van der Waals surface area contributed by atoms with Crippen LogP contribution in [0.15, 0.2) is 0 Å². The van der Waals surface area contributed by atoms with Crippen molar-refractivity contribution < 1.29 is 17.9 Å². The number of rotatable bonds is 8. The molecule has 0 spiro atoms. The summed E-state index contributed by atoms with van der Waals surface area (Å²) < 4.78 is 39.7. The monoisotopic (exact) mass is 241 g/mol. The van der Waals surface area contributed by atoms with Gasteiger partial charge in [0.15, 0.2) is 0 Å². The lowest BCUT2D eigenvalue weighted by atomic mass is 9.99. The summed E-state index contributed by atoms with van der Waals surface area (Å²) in [6.45, 7) is 3.31. The van der Waals surface area contributed by atoms with Gasteiger partial charge in [-0.1, -0.05) is 13.8 Å². The highest BCUT2D eigenvalue weighted by Gasteiger charge is 2.27. The molecule has 0 bridgehead atoms. The zero-order valence-electron chi connectivity index (χ0n) is 10.2. The summed E-state index contributed by atoms with van der Waals surface area (Å²) in [5, 5.41) is 3.20. The van der Waals surface area contributed by atoms with Gasteiger partial charge in [0.2, 0.25) is 0 Å². The van der Waals surface area contributed by atoms with Gasteiger partial charge in [0.05, 0.1) is 0 Å². The van der Waals surface area contributed by atoms with Crippen LogP contribution < -0.4 is 5.32 Å². The van der Waals surface area contributed by atoms with Gasteiger partial charge in [-0.25, -0.2) is 0 Å². The Bertz CT molecular complexity index is 171. The molecule has 1 atom stereocenters. The molecule has 5 heteroatoms. The van der Waals surface area contributed by atoms with Crippen molar-refractivity contribution in [3.63, 3.8) is 0 Å². The van der Waals surface area contributed by atoms with Crippen molar-refractivity contribution in [1.82, 2.24) is 5.32 Å². The molecule has 0 aliphatic carbocycles. The first-order valence-corrected chi connectivity index (χ1v) is 5.68. The summed E-state index contributed by atoms with van der Waals surface area (Å²) >= 11 is 0. The van der Waals surface area contributed by atoms with Gasteiger partial charge in [-0.05, 0) is 32.2 Å². The van der Waals surface area contributed by atoms with Gasteiger partial charge in [-0.15, -0.1) is 0 Å². The van der Waals surface area contributed by atoms with Crippen LogP contribution in [0.1, 0.15) is 33.1 Å². The third-order valence-corrected chi connectivity index (χ3v) is 2.50. The molecule has 0 fully saturated rings. The minimum Gasteiger partial charge on any atom is -0.372 e. The molecule has 16 heavy (non-hydrogen) atoms. The van der Waals surface area contributed by atoms with Crippen molar-refractivity contribution in [2.24, 2.45) is 5.92 Å². The Morgan fingerprint density at radius 2 is 1.81 bits per heavy atom. The Hall–Kier alpha value is -0.290. The van der Waals surface area contributed by atoms with Crippen LogP contribution in [-0.4, -0.2) is 32.5 Å². The van der Waals surface area contributed by atoms with E-state index in [1.807, 2.05) is 7.05 Å². The fraction of sp³-hybridized carbons (Fsp3) is 1.00. The van der Waals surface area contributed by atoms with E-state index in [1.54, 1.807) is 0 Å². The van der Waals surface area contributed by atoms with Crippen molar-refractivity contribution in [1.29, 1.82) is 0 Å². The molecule has 1 unspecified atom stereocenters. The van der Waals surface area contributed by atoms with Gasteiger partial charge in [0, 0.05) is 12.6 Å². The maximum atomic E-state index is 11.7. The number of ether oxygens (including phenoxy) is 1. The third kappa shape index (κ3) is 8.97. The maximum absolute atomic E-state index is 11.7. The molecule has 0 aliphatic rings. The normalized spacial score (nSPS) is 14.4. The van der Waals surface area contributed by atoms with Crippen LogP contribution in [0.5, 0.6) is 0 Å². The minimum atomic E-state index is -4.20. The standard InChI is InChI=1S/C11H22F3NO/c1-9(2)10(15-3)6-4-5-7-16-8-11(12,13)14/h9-10,15H,4-8H2,1-3H3. The van der Waals surface area contributed by atoms with Crippen LogP contribution in [0.4, 0.5) is 13.2 Å². The van der Waals surface area contributed by atoms with E-state index >= 15 is 0 Å². The van der Waals surface area contributed by atoms with E-state index in [-0.39, 0.29) is 6.61 Å². The lowest BCUT2D eigenvalue weighted by Gasteiger charge is -2.19. The molecular formula is C11H22F3NO. The summed E-state index contributed by atoms with van der Waals surface area (Å²) in [6, 6.07) is 0.433. The van der Waals surface area contributed by atoms with Crippen LogP contribution in [-0.2, 0) is 4.74 Å². The molecule has 0 aliphatic heterocycles. The second-order valence-corrected chi connectivity index (χ2v) is 4.30. The molecule has 0 aromatic carbocycles. The summed E-state index contributed by atoms with van der Waals surface area (Å²) in [5.41, 5.74) is 0. The zero-order valence-corrected chi connectivity index (χ0v) is 10.2. The molecule has 0 aromatic heterocycles. The van der Waals surface area contributed by atoms with E-state index in [0.717, 1.165) is 12.8 Å². The average molecular weight is 241 g/mol. The second-order valence-electron chi connectivity index (χ2n) is 4.30. The SMILES string of the molecule is CNC(CCCCOCC(F)(F)F)C(C)C. The molecule has 0 radical (unpaired) electrons. The van der Waals surface area contributed by atoms with E-state index in [9.17, 15) is 13.2 Å². The summed E-state index contributed by atoms with van der Waals surface area (Å²) in [5.74, 6) is 0.543. The van der Waals surface area contributed by atoms with Crippen molar-refractivity contribution in [3.8, 4) is 0 Å². The largest absolute Gasteiger partial charge is 0.411 e. The lowest BCUT2D eigenvalue weighted by Crippen LogP contribution is -2.30. The molecule has 2 nitrogen and oxygen atoms in total. The first kappa shape index (κ1) is 15.7. The molecule has 0 heterocycles. The van der Waals surface area contributed by atoms with Gasteiger partial charge >= 0.3 is 6.18 Å². The zero-order chi connectivity index (χ0) is 12.6. The fourth-order valence-corrected chi connectivity index (χ4v) is 1.57. The maximum Gasteiger partial charge on any atom is 0.411 e. The van der Waals surface area contributed by atoms with Gasteiger partial charge in [0.1, 0.15) is 6.61 Å². The first-order chi connectivity index (χ1) is 7.37. The average Bonchev–Trinajstić information content (AvgIpc) is 2.14. The van der Waals surface area contributed by atoms with Crippen molar-refractivity contribution in [2.75, 3.05) is 20.3 Å². The molecule has 0 saturated carbocycles. The molecule has 1 N–H and O–H groups in total. The van der Waals surface area contributed by atoms with E-state index in [0.29, 0.717) is 18.4 Å². The molecule has 0 rings (SSSR count).